The van der Waals surface area contributed by atoms with Crippen LogP contribution in [0.3, 0.4) is 0 Å². The van der Waals surface area contributed by atoms with Crippen molar-refractivity contribution in [1.29, 1.82) is 0 Å². The van der Waals surface area contributed by atoms with Crippen LogP contribution in [0.4, 0.5) is 0 Å². The molecule has 0 N–H and O–H groups in total. The topological polar surface area (TPSA) is 58.0 Å². The van der Waals surface area contributed by atoms with Crippen molar-refractivity contribution in [2.45, 2.75) is 63.5 Å². The number of rotatable bonds is 6. The number of para-hydroxylation sites is 1. The Labute approximate surface area is 221 Å². The number of benzene rings is 1. The molecular weight excluding hydrogens is 464 g/mol. The lowest BCUT2D eigenvalue weighted by Crippen LogP contribution is -2.63. The number of ether oxygens (including phenoxy) is 1. The molecule has 1 aromatic heterocycles. The average molecular weight is 509 g/mol. The second-order valence-corrected chi connectivity index (χ2v) is 11.6. The van der Waals surface area contributed by atoms with Gasteiger partial charge in [0.05, 0.1) is 24.2 Å². The van der Waals surface area contributed by atoms with Crippen molar-refractivity contribution in [1.82, 2.24) is 19.3 Å². The first-order valence-electron chi connectivity index (χ1n) is 14.3. The second kappa shape index (κ2) is 11.7. The monoisotopic (exact) mass is 508 g/mol. The number of fused-ring (bicyclic) bond motifs is 1. The molecule has 2 saturated heterocycles. The molecule has 1 unspecified atom stereocenters. The number of carbonyl (C=O) groups is 1. The number of nitrogens with zero attached hydrogens (tertiary/aromatic N) is 4. The first-order valence-corrected chi connectivity index (χ1v) is 14.3. The maximum Gasteiger partial charge on any atom is 0.255 e. The van der Waals surface area contributed by atoms with E-state index in [1.807, 2.05) is 31.3 Å². The van der Waals surface area contributed by atoms with Crippen LogP contribution in [0, 0.1) is 5.92 Å². The zero-order chi connectivity index (χ0) is 25.8. The van der Waals surface area contributed by atoms with Crippen molar-refractivity contribution in [2.75, 3.05) is 53.0 Å². The van der Waals surface area contributed by atoms with E-state index in [9.17, 15) is 9.59 Å². The van der Waals surface area contributed by atoms with Crippen molar-refractivity contribution in [3.8, 4) is 0 Å². The first kappa shape index (κ1) is 26.4. The Balaban J connectivity index is 1.50. The van der Waals surface area contributed by atoms with E-state index in [1.165, 1.54) is 6.42 Å². The van der Waals surface area contributed by atoms with Gasteiger partial charge in [-0.1, -0.05) is 37.5 Å². The molecule has 7 heteroatoms. The van der Waals surface area contributed by atoms with Gasteiger partial charge in [0.15, 0.2) is 0 Å². The van der Waals surface area contributed by atoms with Gasteiger partial charge >= 0.3 is 0 Å². The van der Waals surface area contributed by atoms with E-state index < -0.39 is 0 Å². The number of hydrogen-bond acceptors (Lipinski definition) is 5. The van der Waals surface area contributed by atoms with Gasteiger partial charge in [0.1, 0.15) is 0 Å². The van der Waals surface area contributed by atoms with E-state index in [0.29, 0.717) is 25.3 Å². The minimum atomic E-state index is -0.204. The van der Waals surface area contributed by atoms with Crippen LogP contribution in [0.5, 0.6) is 0 Å². The Kier molecular flexibility index (Phi) is 8.32. The van der Waals surface area contributed by atoms with Gasteiger partial charge in [-0.3, -0.25) is 14.5 Å². The number of aryl methyl sites for hydroxylation is 1. The van der Waals surface area contributed by atoms with E-state index >= 15 is 0 Å². The summed E-state index contributed by atoms with van der Waals surface area (Å²) >= 11 is 0. The van der Waals surface area contributed by atoms with Crippen LogP contribution in [0.1, 0.15) is 56.9 Å². The van der Waals surface area contributed by atoms with Crippen molar-refractivity contribution in [3.63, 3.8) is 0 Å². The molecule has 202 valence electrons. The van der Waals surface area contributed by atoms with Crippen LogP contribution >= 0.6 is 0 Å². The summed E-state index contributed by atoms with van der Waals surface area (Å²) < 4.78 is 7.94. The number of likely N-dealkylation sites (N-methyl/N-ethyl adjacent to an activating group) is 1. The Bertz CT molecular complexity index is 1120. The smallest absolute Gasteiger partial charge is 0.255 e. The molecule has 2 aliphatic heterocycles. The van der Waals surface area contributed by atoms with Gasteiger partial charge in [0.2, 0.25) is 5.91 Å². The molecule has 2 aromatic rings. The van der Waals surface area contributed by atoms with Crippen molar-refractivity contribution in [2.24, 2.45) is 13.0 Å². The number of amides is 1. The van der Waals surface area contributed by atoms with Crippen LogP contribution in [0.2, 0.25) is 0 Å². The maximum atomic E-state index is 14.1. The molecule has 5 rings (SSSR count). The lowest BCUT2D eigenvalue weighted by molar-refractivity contribution is -0.141. The van der Waals surface area contributed by atoms with Gasteiger partial charge in [-0.25, -0.2) is 0 Å². The Morgan fingerprint density at radius 1 is 1.03 bits per heavy atom. The number of piperazine rings is 1. The Morgan fingerprint density at radius 3 is 2.57 bits per heavy atom. The average Bonchev–Trinajstić information content (AvgIpc) is 3.18. The number of pyridine rings is 1. The molecule has 1 aliphatic carbocycles. The van der Waals surface area contributed by atoms with Gasteiger partial charge < -0.3 is 19.1 Å². The van der Waals surface area contributed by atoms with Crippen LogP contribution in [0.25, 0.3) is 10.9 Å². The van der Waals surface area contributed by atoms with Crippen LogP contribution in [0.15, 0.2) is 35.1 Å². The zero-order valence-corrected chi connectivity index (χ0v) is 22.8. The third-order valence-corrected chi connectivity index (χ3v) is 9.05. The van der Waals surface area contributed by atoms with E-state index in [1.54, 1.807) is 4.57 Å². The van der Waals surface area contributed by atoms with Crippen LogP contribution < -0.4 is 5.56 Å². The Hall–Kier alpha value is -2.22. The molecule has 1 aromatic carbocycles. The Morgan fingerprint density at radius 2 is 1.78 bits per heavy atom. The quantitative estimate of drug-likeness (QED) is 0.597. The van der Waals surface area contributed by atoms with E-state index in [2.05, 4.69) is 27.8 Å². The van der Waals surface area contributed by atoms with Crippen molar-refractivity contribution in [3.05, 3.63) is 46.2 Å². The van der Waals surface area contributed by atoms with Gasteiger partial charge in [-0.05, 0) is 56.7 Å². The molecule has 3 fully saturated rings. The summed E-state index contributed by atoms with van der Waals surface area (Å²) in [7, 11) is 4.02. The zero-order valence-electron chi connectivity index (χ0n) is 22.8. The van der Waals surface area contributed by atoms with Crippen LogP contribution in [-0.2, 0) is 23.1 Å². The van der Waals surface area contributed by atoms with Gasteiger partial charge in [0.25, 0.3) is 5.56 Å². The first-order chi connectivity index (χ1) is 18.0. The third-order valence-electron chi connectivity index (χ3n) is 9.05. The molecule has 1 amide bonds. The standard InChI is InChI=1S/C30H44N4O3/c1-31-15-17-34(18-16-31)30(14-8-9-19-37-23-30)22-33(29(36)24-10-4-3-5-11-24)21-26-20-25-12-6-7-13-27(25)32(2)28(26)35/h6-7,12-13,20,24H,3-5,8-11,14-19,21-23H2,1-2H3. The predicted molar refractivity (Wildman–Crippen MR) is 148 cm³/mol. The minimum Gasteiger partial charge on any atom is -0.379 e. The molecule has 0 radical (unpaired) electrons. The molecule has 0 bridgehead atoms. The normalized spacial score (nSPS) is 24.7. The second-order valence-electron chi connectivity index (χ2n) is 11.6. The summed E-state index contributed by atoms with van der Waals surface area (Å²) in [6, 6.07) is 10.0. The molecule has 0 spiro atoms. The molecule has 3 heterocycles. The summed E-state index contributed by atoms with van der Waals surface area (Å²) in [5.41, 5.74) is 1.41. The highest BCUT2D eigenvalue weighted by atomic mass is 16.5. The fourth-order valence-electron chi connectivity index (χ4n) is 6.73. The van der Waals surface area contributed by atoms with Crippen molar-refractivity contribution >= 4 is 16.8 Å². The molecular formula is C30H44N4O3. The minimum absolute atomic E-state index is 0.00842. The van der Waals surface area contributed by atoms with Gasteiger partial charge in [0, 0.05) is 57.9 Å². The highest BCUT2D eigenvalue weighted by molar-refractivity contribution is 5.81. The van der Waals surface area contributed by atoms with Gasteiger partial charge in [-0.2, -0.15) is 0 Å². The third kappa shape index (κ3) is 5.79. The molecule has 37 heavy (non-hydrogen) atoms. The van der Waals surface area contributed by atoms with Gasteiger partial charge in [-0.15, -0.1) is 0 Å². The summed E-state index contributed by atoms with van der Waals surface area (Å²) in [5, 5.41) is 1.04. The highest BCUT2D eigenvalue weighted by Crippen LogP contribution is 2.32. The largest absolute Gasteiger partial charge is 0.379 e. The predicted octanol–water partition coefficient (Wildman–Crippen LogP) is 3.63. The molecule has 7 nitrogen and oxygen atoms in total. The summed E-state index contributed by atoms with van der Waals surface area (Å²) in [4.78, 5) is 34.6. The molecule has 1 saturated carbocycles. The number of aromatic nitrogens is 1. The van der Waals surface area contributed by atoms with E-state index in [0.717, 1.165) is 88.6 Å². The van der Waals surface area contributed by atoms with E-state index in [-0.39, 0.29) is 22.9 Å². The fraction of sp³-hybridized carbons (Fsp3) is 0.667. The SMILES string of the molecule is CN1CCN(C2(CN(Cc3cc4ccccc4n(C)c3=O)C(=O)C3CCCCC3)CCCCOC2)CC1. The van der Waals surface area contributed by atoms with Crippen molar-refractivity contribution < 1.29 is 9.53 Å². The summed E-state index contributed by atoms with van der Waals surface area (Å²) in [5.74, 6) is 0.293. The van der Waals surface area contributed by atoms with E-state index in [4.69, 9.17) is 4.74 Å². The lowest BCUT2D eigenvalue weighted by atomic mass is 9.86. The fourth-order valence-corrected chi connectivity index (χ4v) is 6.73. The maximum absolute atomic E-state index is 14.1. The highest BCUT2D eigenvalue weighted by Gasteiger charge is 2.42. The van der Waals surface area contributed by atoms with Crippen LogP contribution in [-0.4, -0.2) is 83.7 Å². The molecule has 1 atom stereocenters. The summed E-state index contributed by atoms with van der Waals surface area (Å²) in [6.45, 7) is 6.47. The number of hydrogen-bond donors (Lipinski definition) is 0. The molecule has 3 aliphatic rings. The summed E-state index contributed by atoms with van der Waals surface area (Å²) in [6.07, 6.45) is 8.58. The number of carbonyl (C=O) groups excluding carboxylic acids is 1. The lowest BCUT2D eigenvalue weighted by Gasteiger charge is -2.49.